The second-order valence-corrected chi connectivity index (χ2v) is 6.95. The first kappa shape index (κ1) is 20.4. The summed E-state index contributed by atoms with van der Waals surface area (Å²) in [6, 6.07) is 5.46. The number of non-ortho nitro benzene ring substituents is 1. The smallest absolute Gasteiger partial charge is 0.407 e. The van der Waals surface area contributed by atoms with Gasteiger partial charge in [-0.3, -0.25) is 14.9 Å². The van der Waals surface area contributed by atoms with Crippen molar-refractivity contribution in [2.24, 2.45) is 5.92 Å². The molecule has 1 aromatic rings. The van der Waals surface area contributed by atoms with Crippen molar-refractivity contribution >= 4 is 17.7 Å². The van der Waals surface area contributed by atoms with Crippen molar-refractivity contribution in [3.05, 3.63) is 39.9 Å². The maximum Gasteiger partial charge on any atom is 0.407 e. The van der Waals surface area contributed by atoms with Gasteiger partial charge in [-0.2, -0.15) is 0 Å². The third-order valence-electron chi connectivity index (χ3n) is 3.41. The van der Waals surface area contributed by atoms with Gasteiger partial charge in [0, 0.05) is 18.2 Å². The molecule has 1 amide bonds. The number of hydrogen-bond acceptors (Lipinski definition) is 5. The Balaban J connectivity index is 2.84. The van der Waals surface area contributed by atoms with Crippen molar-refractivity contribution in [3.8, 4) is 0 Å². The molecule has 0 aliphatic rings. The average molecular weight is 352 g/mol. The van der Waals surface area contributed by atoms with Gasteiger partial charge in [-0.15, -0.1) is 0 Å². The monoisotopic (exact) mass is 352 g/mol. The second kappa shape index (κ2) is 8.46. The third-order valence-corrected chi connectivity index (χ3v) is 3.41. The number of nitro groups is 1. The van der Waals surface area contributed by atoms with Crippen LogP contribution in [0.5, 0.6) is 0 Å². The van der Waals surface area contributed by atoms with Gasteiger partial charge in [0.15, 0.2) is 0 Å². The van der Waals surface area contributed by atoms with Crippen molar-refractivity contribution in [2.45, 2.75) is 52.2 Å². The zero-order chi connectivity index (χ0) is 19.2. The van der Waals surface area contributed by atoms with Gasteiger partial charge in [0.1, 0.15) is 5.60 Å². The maximum absolute atomic E-state index is 12.0. The molecule has 0 heterocycles. The topological polar surface area (TPSA) is 119 Å². The summed E-state index contributed by atoms with van der Waals surface area (Å²) < 4.78 is 5.21. The van der Waals surface area contributed by atoms with Crippen molar-refractivity contribution in [3.63, 3.8) is 0 Å². The van der Waals surface area contributed by atoms with E-state index in [1.165, 1.54) is 12.1 Å². The van der Waals surface area contributed by atoms with E-state index in [9.17, 15) is 19.7 Å². The van der Waals surface area contributed by atoms with E-state index in [0.29, 0.717) is 6.42 Å². The van der Waals surface area contributed by atoms with Gasteiger partial charge in [-0.25, -0.2) is 4.79 Å². The van der Waals surface area contributed by atoms with Crippen molar-refractivity contribution in [1.29, 1.82) is 0 Å². The third kappa shape index (κ3) is 7.65. The number of carboxylic acids is 1. The van der Waals surface area contributed by atoms with Crippen LogP contribution in [-0.2, 0) is 16.0 Å². The number of nitrogens with one attached hydrogen (secondary N) is 1. The Hall–Kier alpha value is -2.64. The second-order valence-electron chi connectivity index (χ2n) is 6.95. The van der Waals surface area contributed by atoms with Gasteiger partial charge in [-0.1, -0.05) is 19.1 Å². The molecule has 0 saturated heterocycles. The molecule has 0 aliphatic heterocycles. The fourth-order valence-corrected chi connectivity index (χ4v) is 2.23. The highest BCUT2D eigenvalue weighted by molar-refractivity contribution is 5.70. The number of amides is 1. The fraction of sp³-hybridized carbons (Fsp3) is 0.529. The number of benzene rings is 1. The van der Waals surface area contributed by atoms with E-state index in [-0.39, 0.29) is 12.1 Å². The van der Waals surface area contributed by atoms with Crippen LogP contribution >= 0.6 is 0 Å². The summed E-state index contributed by atoms with van der Waals surface area (Å²) in [6.45, 7) is 6.76. The van der Waals surface area contributed by atoms with Crippen molar-refractivity contribution in [1.82, 2.24) is 5.32 Å². The van der Waals surface area contributed by atoms with Crippen LogP contribution in [0.2, 0.25) is 0 Å². The van der Waals surface area contributed by atoms with Gasteiger partial charge in [0.2, 0.25) is 0 Å². The van der Waals surface area contributed by atoms with Crippen molar-refractivity contribution < 1.29 is 24.4 Å². The lowest BCUT2D eigenvalue weighted by atomic mass is 9.96. The van der Waals surface area contributed by atoms with Gasteiger partial charge >= 0.3 is 12.1 Å². The molecule has 138 valence electrons. The lowest BCUT2D eigenvalue weighted by Crippen LogP contribution is -2.41. The van der Waals surface area contributed by atoms with Crippen molar-refractivity contribution in [2.75, 3.05) is 0 Å². The largest absolute Gasteiger partial charge is 0.481 e. The minimum Gasteiger partial charge on any atom is -0.481 e. The van der Waals surface area contributed by atoms with Gasteiger partial charge in [-0.05, 0) is 39.2 Å². The Morgan fingerprint density at radius 3 is 2.28 bits per heavy atom. The van der Waals surface area contributed by atoms with Crippen LogP contribution in [0.25, 0.3) is 0 Å². The number of alkyl carbamates (subject to hydrolysis) is 1. The van der Waals surface area contributed by atoms with E-state index in [0.717, 1.165) is 5.56 Å². The highest BCUT2D eigenvalue weighted by Gasteiger charge is 2.23. The number of aliphatic carboxylic acids is 1. The molecule has 0 aliphatic carbocycles. The first-order chi connectivity index (χ1) is 11.5. The molecule has 0 spiro atoms. The van der Waals surface area contributed by atoms with E-state index in [2.05, 4.69) is 5.32 Å². The van der Waals surface area contributed by atoms with E-state index in [1.807, 2.05) is 0 Å². The highest BCUT2D eigenvalue weighted by Crippen LogP contribution is 2.17. The molecule has 0 fully saturated rings. The lowest BCUT2D eigenvalue weighted by molar-refractivity contribution is -0.384. The number of nitro benzene ring substituents is 1. The van der Waals surface area contributed by atoms with Crippen LogP contribution in [0.4, 0.5) is 10.5 Å². The predicted octanol–water partition coefficient (Wildman–Crippen LogP) is 3.14. The summed E-state index contributed by atoms with van der Waals surface area (Å²) in [6.07, 6.45) is -0.0718. The number of carbonyl (C=O) groups excluding carboxylic acids is 1. The van der Waals surface area contributed by atoms with Crippen LogP contribution in [-0.4, -0.2) is 33.7 Å². The molecule has 0 bridgehead atoms. The Kier molecular flexibility index (Phi) is 6.90. The number of rotatable bonds is 7. The Labute approximate surface area is 146 Å². The molecule has 0 radical (unpaired) electrons. The predicted molar refractivity (Wildman–Crippen MR) is 91.4 cm³/mol. The summed E-state index contributed by atoms with van der Waals surface area (Å²) in [4.78, 5) is 33.3. The zero-order valence-electron chi connectivity index (χ0n) is 14.8. The standard InChI is InChI=1S/C17H24N2O6/c1-11(15(20)21)9-13(18-16(22)25-17(2,3)4)10-12-5-7-14(8-6-12)19(23)24/h5-8,11,13H,9-10H2,1-4H3,(H,18,22)(H,20,21)/t11?,13-/m1/s1. The minimum absolute atomic E-state index is 0.0284. The number of carbonyl (C=O) groups is 2. The lowest BCUT2D eigenvalue weighted by Gasteiger charge is -2.24. The number of hydrogen-bond donors (Lipinski definition) is 2. The Morgan fingerprint density at radius 1 is 1.28 bits per heavy atom. The molecule has 2 N–H and O–H groups in total. The SMILES string of the molecule is CC(C[C@H](Cc1ccc([N+](=O)[O-])cc1)NC(=O)OC(C)(C)C)C(=O)O. The molecule has 8 heteroatoms. The Morgan fingerprint density at radius 2 is 1.84 bits per heavy atom. The average Bonchev–Trinajstić information content (AvgIpc) is 2.45. The van der Waals surface area contributed by atoms with E-state index in [1.54, 1.807) is 39.8 Å². The molecule has 0 aromatic heterocycles. The normalized spacial score (nSPS) is 13.6. The van der Waals surface area contributed by atoms with Crippen LogP contribution in [0.1, 0.15) is 39.7 Å². The van der Waals surface area contributed by atoms with Crippen LogP contribution in [0.15, 0.2) is 24.3 Å². The molecule has 1 rings (SSSR count). The fourth-order valence-electron chi connectivity index (χ4n) is 2.23. The maximum atomic E-state index is 12.0. The molecule has 1 unspecified atom stereocenters. The van der Waals surface area contributed by atoms with Gasteiger partial charge in [0.05, 0.1) is 10.8 Å². The Bertz CT molecular complexity index is 621. The summed E-state index contributed by atoms with van der Waals surface area (Å²) >= 11 is 0. The molecular formula is C17H24N2O6. The molecule has 0 saturated carbocycles. The first-order valence-corrected chi connectivity index (χ1v) is 7.93. The zero-order valence-corrected chi connectivity index (χ0v) is 14.8. The molecular weight excluding hydrogens is 328 g/mol. The van der Waals surface area contributed by atoms with Crippen LogP contribution in [0, 0.1) is 16.0 Å². The number of carboxylic acid groups (broad SMARTS) is 1. The summed E-state index contributed by atoms with van der Waals surface area (Å²) in [5, 5.41) is 22.5. The number of ether oxygens (including phenoxy) is 1. The summed E-state index contributed by atoms with van der Waals surface area (Å²) in [5.41, 5.74) is 0.0592. The highest BCUT2D eigenvalue weighted by atomic mass is 16.6. The van der Waals surface area contributed by atoms with Gasteiger partial charge in [0.25, 0.3) is 5.69 Å². The molecule has 2 atom stereocenters. The van der Waals surface area contributed by atoms with E-state index >= 15 is 0 Å². The molecule has 1 aromatic carbocycles. The molecule has 8 nitrogen and oxygen atoms in total. The number of nitrogens with zero attached hydrogens (tertiary/aromatic N) is 1. The van der Waals surface area contributed by atoms with Crippen LogP contribution in [0.3, 0.4) is 0 Å². The van der Waals surface area contributed by atoms with Crippen LogP contribution < -0.4 is 5.32 Å². The van der Waals surface area contributed by atoms with E-state index in [4.69, 9.17) is 9.84 Å². The summed E-state index contributed by atoms with van der Waals surface area (Å²) in [5.74, 6) is -1.61. The van der Waals surface area contributed by atoms with E-state index < -0.39 is 34.5 Å². The summed E-state index contributed by atoms with van der Waals surface area (Å²) in [7, 11) is 0. The molecule has 25 heavy (non-hydrogen) atoms. The quantitative estimate of drug-likeness (QED) is 0.575. The van der Waals surface area contributed by atoms with Gasteiger partial charge < -0.3 is 15.2 Å². The first-order valence-electron chi connectivity index (χ1n) is 7.93. The minimum atomic E-state index is -0.959.